The Labute approximate surface area is 98.3 Å². The lowest BCUT2D eigenvalue weighted by Gasteiger charge is -2.07. The number of hydrogen-bond donors (Lipinski definition) is 0. The fourth-order valence-corrected chi connectivity index (χ4v) is 1.25. The van der Waals surface area contributed by atoms with Crippen LogP contribution in [-0.4, -0.2) is 24.7 Å². The summed E-state index contributed by atoms with van der Waals surface area (Å²) in [4.78, 5) is 9.84. The second kappa shape index (κ2) is 6.80. The van der Waals surface area contributed by atoms with Gasteiger partial charge >= 0.3 is 5.69 Å². The number of nitro groups is 1. The molecule has 17 heavy (non-hydrogen) atoms. The van der Waals surface area contributed by atoms with Gasteiger partial charge in [0.25, 0.3) is 0 Å². The monoisotopic (exact) mass is 243 g/mol. The van der Waals surface area contributed by atoms with Gasteiger partial charge in [-0.1, -0.05) is 13.0 Å². The van der Waals surface area contributed by atoms with E-state index in [2.05, 4.69) is 0 Å². The lowest BCUT2D eigenvalue weighted by molar-refractivity contribution is -0.388. The van der Waals surface area contributed by atoms with Gasteiger partial charge in [0, 0.05) is 6.61 Å². The third-order valence-corrected chi connectivity index (χ3v) is 1.97. The summed E-state index contributed by atoms with van der Waals surface area (Å²) in [5.41, 5.74) is -0.636. The quantitative estimate of drug-likeness (QED) is 0.419. The molecule has 94 valence electrons. The zero-order valence-electron chi connectivity index (χ0n) is 9.52. The van der Waals surface area contributed by atoms with Gasteiger partial charge in [-0.2, -0.15) is 4.39 Å². The molecule has 0 bridgehead atoms. The van der Waals surface area contributed by atoms with Crippen molar-refractivity contribution in [2.45, 2.75) is 13.3 Å². The normalized spacial score (nSPS) is 10.2. The van der Waals surface area contributed by atoms with Gasteiger partial charge in [-0.25, -0.2) is 0 Å². The zero-order valence-corrected chi connectivity index (χ0v) is 9.52. The van der Waals surface area contributed by atoms with Crippen LogP contribution >= 0.6 is 0 Å². The predicted molar refractivity (Wildman–Crippen MR) is 59.7 cm³/mol. The van der Waals surface area contributed by atoms with Crippen molar-refractivity contribution in [3.8, 4) is 5.75 Å². The molecule has 5 nitrogen and oxygen atoms in total. The number of nitro benzene ring substituents is 1. The van der Waals surface area contributed by atoms with Crippen LogP contribution < -0.4 is 4.74 Å². The van der Waals surface area contributed by atoms with Crippen molar-refractivity contribution in [2.24, 2.45) is 0 Å². The number of nitrogens with zero attached hydrogens (tertiary/aromatic N) is 1. The van der Waals surface area contributed by atoms with E-state index in [1.165, 1.54) is 12.1 Å². The molecule has 0 fully saturated rings. The molecule has 6 heteroatoms. The molecule has 0 aromatic heterocycles. The molecule has 1 rings (SSSR count). The van der Waals surface area contributed by atoms with Gasteiger partial charge in [0.05, 0.1) is 11.5 Å². The summed E-state index contributed by atoms with van der Waals surface area (Å²) in [5.74, 6) is -0.975. The molecule has 0 saturated heterocycles. The summed E-state index contributed by atoms with van der Waals surface area (Å²) in [6.07, 6.45) is 0.889. The van der Waals surface area contributed by atoms with Crippen LogP contribution in [0.1, 0.15) is 13.3 Å². The minimum absolute atomic E-state index is 0.0740. The number of hydrogen-bond acceptors (Lipinski definition) is 4. The summed E-state index contributed by atoms with van der Waals surface area (Å²) in [6.45, 7) is 3.05. The second-order valence-electron chi connectivity index (χ2n) is 3.30. The van der Waals surface area contributed by atoms with Crippen LogP contribution in [-0.2, 0) is 4.74 Å². The van der Waals surface area contributed by atoms with Gasteiger partial charge in [0.15, 0.2) is 5.75 Å². The van der Waals surface area contributed by atoms with Crippen LogP contribution in [0.3, 0.4) is 0 Å². The third-order valence-electron chi connectivity index (χ3n) is 1.97. The first kappa shape index (κ1) is 13.4. The first-order valence-electron chi connectivity index (χ1n) is 5.30. The number of rotatable bonds is 7. The maximum Gasteiger partial charge on any atom is 0.346 e. The van der Waals surface area contributed by atoms with E-state index in [1.807, 2.05) is 6.92 Å². The SMILES string of the molecule is CCCOCCOc1cccc(F)c1[N+](=O)[O-]. The Hall–Kier alpha value is -1.69. The molecule has 0 aliphatic carbocycles. The van der Waals surface area contributed by atoms with E-state index in [1.54, 1.807) is 0 Å². The van der Waals surface area contributed by atoms with E-state index in [4.69, 9.17) is 9.47 Å². The van der Waals surface area contributed by atoms with E-state index in [-0.39, 0.29) is 12.4 Å². The molecule has 0 unspecified atom stereocenters. The van der Waals surface area contributed by atoms with Gasteiger partial charge in [0.1, 0.15) is 6.61 Å². The van der Waals surface area contributed by atoms with E-state index in [9.17, 15) is 14.5 Å². The molecule has 0 saturated carbocycles. The van der Waals surface area contributed by atoms with Crippen molar-refractivity contribution in [2.75, 3.05) is 19.8 Å². The maximum absolute atomic E-state index is 13.2. The van der Waals surface area contributed by atoms with E-state index >= 15 is 0 Å². The Balaban J connectivity index is 2.58. The highest BCUT2D eigenvalue weighted by Gasteiger charge is 2.20. The number of para-hydroxylation sites is 1. The average Bonchev–Trinajstić information content (AvgIpc) is 2.28. The number of halogens is 1. The van der Waals surface area contributed by atoms with E-state index < -0.39 is 16.4 Å². The van der Waals surface area contributed by atoms with Gasteiger partial charge in [-0.05, 0) is 18.6 Å². The van der Waals surface area contributed by atoms with Crippen molar-refractivity contribution in [3.63, 3.8) is 0 Å². The predicted octanol–water partition coefficient (Wildman–Crippen LogP) is 2.54. The maximum atomic E-state index is 13.2. The molecule has 1 aromatic carbocycles. The number of ether oxygens (including phenoxy) is 2. The van der Waals surface area contributed by atoms with Crippen LogP contribution in [0.4, 0.5) is 10.1 Å². The van der Waals surface area contributed by atoms with Crippen LogP contribution in [0.5, 0.6) is 5.75 Å². The van der Waals surface area contributed by atoms with Crippen molar-refractivity contribution in [3.05, 3.63) is 34.1 Å². The highest BCUT2D eigenvalue weighted by molar-refractivity contribution is 5.47. The highest BCUT2D eigenvalue weighted by atomic mass is 19.1. The molecule has 1 aromatic rings. The summed E-state index contributed by atoms with van der Waals surface area (Å²) in [5, 5.41) is 10.6. The average molecular weight is 243 g/mol. The smallest absolute Gasteiger partial charge is 0.346 e. The molecule has 0 amide bonds. The standard InChI is InChI=1S/C11H14FNO4/c1-2-6-16-7-8-17-10-5-3-4-9(12)11(10)13(14)15/h3-5H,2,6-8H2,1H3. The minimum atomic E-state index is -0.901. The summed E-state index contributed by atoms with van der Waals surface area (Å²) < 4.78 is 23.4. The van der Waals surface area contributed by atoms with Crippen molar-refractivity contribution in [1.82, 2.24) is 0 Å². The molecule has 0 spiro atoms. The first-order valence-corrected chi connectivity index (χ1v) is 5.30. The van der Waals surface area contributed by atoms with Crippen molar-refractivity contribution >= 4 is 5.69 Å². The zero-order chi connectivity index (χ0) is 12.7. The highest BCUT2D eigenvalue weighted by Crippen LogP contribution is 2.29. The first-order chi connectivity index (χ1) is 8.16. The summed E-state index contributed by atoms with van der Waals surface area (Å²) >= 11 is 0. The van der Waals surface area contributed by atoms with Crippen molar-refractivity contribution < 1.29 is 18.8 Å². The summed E-state index contributed by atoms with van der Waals surface area (Å²) in [6, 6.07) is 3.75. The molecular formula is C11H14FNO4. The fraction of sp³-hybridized carbons (Fsp3) is 0.455. The van der Waals surface area contributed by atoms with Gasteiger partial charge < -0.3 is 9.47 Å². The van der Waals surface area contributed by atoms with Gasteiger partial charge in [-0.15, -0.1) is 0 Å². The molecule has 0 radical (unpaired) electrons. The molecule has 0 aliphatic rings. The summed E-state index contributed by atoms with van der Waals surface area (Å²) in [7, 11) is 0. The topological polar surface area (TPSA) is 61.6 Å². The Morgan fingerprint density at radius 2 is 2.12 bits per heavy atom. The lowest BCUT2D eigenvalue weighted by Crippen LogP contribution is -2.08. The fourth-order valence-electron chi connectivity index (χ4n) is 1.25. The van der Waals surface area contributed by atoms with Crippen LogP contribution in [0.15, 0.2) is 18.2 Å². The van der Waals surface area contributed by atoms with Crippen LogP contribution in [0.2, 0.25) is 0 Å². The van der Waals surface area contributed by atoms with Gasteiger partial charge in [0.2, 0.25) is 5.82 Å². The van der Waals surface area contributed by atoms with E-state index in [0.29, 0.717) is 13.2 Å². The third kappa shape index (κ3) is 3.99. The van der Waals surface area contributed by atoms with Crippen molar-refractivity contribution in [1.29, 1.82) is 0 Å². The Bertz CT molecular complexity index is 384. The minimum Gasteiger partial charge on any atom is -0.484 e. The van der Waals surface area contributed by atoms with Crippen LogP contribution in [0, 0.1) is 15.9 Å². The largest absolute Gasteiger partial charge is 0.484 e. The van der Waals surface area contributed by atoms with Crippen LogP contribution in [0.25, 0.3) is 0 Å². The Morgan fingerprint density at radius 1 is 1.35 bits per heavy atom. The second-order valence-corrected chi connectivity index (χ2v) is 3.30. The Kier molecular flexibility index (Phi) is 5.35. The molecular weight excluding hydrogens is 229 g/mol. The Morgan fingerprint density at radius 3 is 2.76 bits per heavy atom. The number of benzene rings is 1. The van der Waals surface area contributed by atoms with Gasteiger partial charge in [-0.3, -0.25) is 10.1 Å². The lowest BCUT2D eigenvalue weighted by atomic mass is 10.3. The van der Waals surface area contributed by atoms with E-state index in [0.717, 1.165) is 12.5 Å². The molecule has 0 heterocycles. The molecule has 0 N–H and O–H groups in total. The molecule has 0 atom stereocenters. The molecule has 0 aliphatic heterocycles.